The molecule has 1 aromatic rings. The Hall–Kier alpha value is -1.59. The molecule has 0 bridgehead atoms. The molecule has 3 rings (SSSR count). The number of thioether (sulfide) groups is 1. The van der Waals surface area contributed by atoms with Gasteiger partial charge in [-0.3, -0.25) is 9.29 Å². The monoisotopic (exact) mass is 474 g/mol. The topological polar surface area (TPSA) is 107 Å². The Kier molecular flexibility index (Phi) is 7.74. The molecule has 0 fully saturated rings. The van der Waals surface area contributed by atoms with E-state index in [-0.39, 0.29) is 23.1 Å². The lowest BCUT2D eigenvalue weighted by Gasteiger charge is -2.15. The first-order chi connectivity index (χ1) is 13.2. The Morgan fingerprint density at radius 3 is 2.48 bits per heavy atom. The largest absolute Gasteiger partial charge is 0.354 e. The van der Waals surface area contributed by atoms with Gasteiger partial charge in [0, 0.05) is 16.3 Å². The summed E-state index contributed by atoms with van der Waals surface area (Å²) in [6.07, 6.45) is 0.819. The lowest BCUT2D eigenvalue weighted by atomic mass is 10.2. The van der Waals surface area contributed by atoms with Gasteiger partial charge in [0.2, 0.25) is 0 Å². The van der Waals surface area contributed by atoms with E-state index in [1.54, 1.807) is 23.9 Å². The van der Waals surface area contributed by atoms with Crippen molar-refractivity contribution in [1.29, 1.82) is 0 Å². The van der Waals surface area contributed by atoms with E-state index in [0.29, 0.717) is 12.2 Å². The van der Waals surface area contributed by atoms with E-state index in [0.717, 1.165) is 32.5 Å². The number of sulfonamides is 1. The smallest absolute Gasteiger partial charge is 0.330 e. The molecule has 0 aromatic heterocycles. The molecule has 7 nitrogen and oxygen atoms in total. The van der Waals surface area contributed by atoms with Crippen LogP contribution in [0.25, 0.3) is 5.69 Å². The number of nitrogens with two attached hydrogens (primary N) is 1. The Balaban J connectivity index is 0.00000300. The normalized spacial score (nSPS) is 11.4. The minimum Gasteiger partial charge on any atom is -0.330 e. The van der Waals surface area contributed by atoms with Crippen LogP contribution in [0.2, 0.25) is 0 Å². The highest BCUT2D eigenvalue weighted by Gasteiger charge is 2.26. The molecule has 0 radical (unpaired) electrons. The maximum absolute atomic E-state index is 12.8. The number of benzene rings is 1. The van der Waals surface area contributed by atoms with Crippen LogP contribution in [0.15, 0.2) is 38.2 Å². The van der Waals surface area contributed by atoms with Crippen LogP contribution in [0, 0.1) is 20.8 Å². The molecule has 0 saturated heterocycles. The van der Waals surface area contributed by atoms with E-state index in [1.807, 2.05) is 20.8 Å². The van der Waals surface area contributed by atoms with E-state index in [2.05, 4.69) is 9.71 Å². The summed E-state index contributed by atoms with van der Waals surface area (Å²) in [6.45, 7) is 6.21. The highest BCUT2D eigenvalue weighted by molar-refractivity contribution is 8.01. The summed E-state index contributed by atoms with van der Waals surface area (Å²) in [5.41, 5.74) is 7.29. The maximum Gasteiger partial charge on any atom is 0.354 e. The van der Waals surface area contributed by atoms with Crippen molar-refractivity contribution >= 4 is 51.3 Å². The lowest BCUT2D eigenvalue weighted by molar-refractivity contribution is 0.601. The van der Waals surface area contributed by atoms with Gasteiger partial charge in [0.05, 0.1) is 9.10 Å². The van der Waals surface area contributed by atoms with Crippen molar-refractivity contribution in [2.75, 3.05) is 17.0 Å². The van der Waals surface area contributed by atoms with Crippen molar-refractivity contribution < 1.29 is 8.42 Å². The summed E-state index contributed by atoms with van der Waals surface area (Å²) in [5, 5.41) is 0. The number of hydrogen-bond acceptors (Lipinski definition) is 7. The van der Waals surface area contributed by atoms with Gasteiger partial charge in [0.25, 0.3) is 10.0 Å². The van der Waals surface area contributed by atoms with Crippen molar-refractivity contribution in [3.8, 4) is 5.69 Å². The van der Waals surface area contributed by atoms with Crippen LogP contribution in [0.4, 0.5) is 5.82 Å². The zero-order valence-electron chi connectivity index (χ0n) is 16.3. The molecule has 2 aliphatic heterocycles. The SMILES string of the molecule is Cc1ccc(S(=O)(=O)Nc2nc(=O)n3c(C)c(C)sc(SCCCN)c2-3)cc1.Cl. The van der Waals surface area contributed by atoms with E-state index in [4.69, 9.17) is 5.73 Å². The number of aromatic nitrogens is 2. The maximum atomic E-state index is 12.8. The van der Waals surface area contributed by atoms with Crippen LogP contribution in [-0.2, 0) is 10.0 Å². The van der Waals surface area contributed by atoms with Gasteiger partial charge in [-0.25, -0.2) is 13.2 Å². The molecule has 2 aliphatic rings. The summed E-state index contributed by atoms with van der Waals surface area (Å²) < 4.78 is 30.4. The summed E-state index contributed by atoms with van der Waals surface area (Å²) in [6, 6.07) is 6.51. The van der Waals surface area contributed by atoms with Crippen LogP contribution in [0.3, 0.4) is 0 Å². The molecule has 2 heterocycles. The quantitative estimate of drug-likeness (QED) is 0.401. The van der Waals surface area contributed by atoms with Gasteiger partial charge in [-0.05, 0) is 45.9 Å². The number of imidazole rings is 1. The van der Waals surface area contributed by atoms with E-state index in [9.17, 15) is 13.2 Å². The van der Waals surface area contributed by atoms with Crippen LogP contribution < -0.4 is 16.1 Å². The molecule has 0 saturated carbocycles. The van der Waals surface area contributed by atoms with Crippen LogP contribution in [-0.4, -0.2) is 30.3 Å². The average Bonchev–Trinajstić information content (AvgIpc) is 2.95. The third-order valence-electron chi connectivity index (χ3n) is 4.27. The Labute approximate surface area is 184 Å². The number of anilines is 1. The molecule has 0 unspecified atom stereocenters. The van der Waals surface area contributed by atoms with Crippen molar-refractivity contribution in [3.63, 3.8) is 0 Å². The van der Waals surface area contributed by atoms with Gasteiger partial charge in [-0.2, -0.15) is 4.98 Å². The fourth-order valence-corrected chi connectivity index (χ4v) is 6.13. The third-order valence-corrected chi connectivity index (χ3v) is 8.16. The van der Waals surface area contributed by atoms with Gasteiger partial charge < -0.3 is 5.73 Å². The van der Waals surface area contributed by atoms with E-state index >= 15 is 0 Å². The molecule has 158 valence electrons. The molecular formula is C18H23ClN4O3S3. The van der Waals surface area contributed by atoms with Crippen LogP contribution in [0.5, 0.6) is 0 Å². The summed E-state index contributed by atoms with van der Waals surface area (Å²) >= 11 is 3.08. The summed E-state index contributed by atoms with van der Waals surface area (Å²) in [4.78, 5) is 17.6. The number of nitrogens with zero attached hydrogens (tertiary/aromatic N) is 2. The lowest BCUT2D eigenvalue weighted by Crippen LogP contribution is -2.17. The Morgan fingerprint density at radius 2 is 1.86 bits per heavy atom. The molecular weight excluding hydrogens is 452 g/mol. The first-order valence-electron chi connectivity index (χ1n) is 8.69. The number of rotatable bonds is 7. The molecule has 0 spiro atoms. The van der Waals surface area contributed by atoms with Crippen molar-refractivity contribution in [2.24, 2.45) is 5.73 Å². The van der Waals surface area contributed by atoms with Gasteiger partial charge in [-0.1, -0.05) is 17.7 Å². The van der Waals surface area contributed by atoms with Crippen molar-refractivity contribution in [2.45, 2.75) is 36.3 Å². The van der Waals surface area contributed by atoms with Crippen molar-refractivity contribution in [3.05, 3.63) is 50.9 Å². The molecule has 29 heavy (non-hydrogen) atoms. The minimum atomic E-state index is -3.86. The zero-order chi connectivity index (χ0) is 20.5. The third kappa shape index (κ3) is 4.95. The predicted octanol–water partition coefficient (Wildman–Crippen LogP) is 3.32. The van der Waals surface area contributed by atoms with Crippen LogP contribution in [0.1, 0.15) is 22.6 Å². The standard InChI is InChI=1S/C18H22N4O3S3.ClH/c1-11-5-7-14(8-6-11)28(24,25)21-16-15-17(26-10-4-9-19)27-13(3)12(2)22(15)18(23)20-16;/h5-8H,4,9-10,19H2,1-3H3,(H,20,21,23);1H. The second-order valence-electron chi connectivity index (χ2n) is 6.37. The van der Waals surface area contributed by atoms with Gasteiger partial charge in [-0.15, -0.1) is 35.5 Å². The van der Waals surface area contributed by atoms with Gasteiger partial charge in [0.1, 0.15) is 5.69 Å². The van der Waals surface area contributed by atoms with Gasteiger partial charge in [0.15, 0.2) is 5.82 Å². The number of aryl methyl sites for hydroxylation is 2. The van der Waals surface area contributed by atoms with E-state index < -0.39 is 15.7 Å². The minimum absolute atomic E-state index is 0. The van der Waals surface area contributed by atoms with Gasteiger partial charge >= 0.3 is 5.69 Å². The number of halogens is 1. The number of hydrogen-bond donors (Lipinski definition) is 2. The number of nitrogens with one attached hydrogen (secondary N) is 1. The molecule has 3 N–H and O–H groups in total. The fraction of sp³-hybridized carbons (Fsp3) is 0.333. The average molecular weight is 475 g/mol. The highest BCUT2D eigenvalue weighted by Crippen LogP contribution is 2.38. The molecule has 1 aromatic carbocycles. The second-order valence-corrected chi connectivity index (χ2v) is 10.6. The predicted molar refractivity (Wildman–Crippen MR) is 122 cm³/mol. The highest BCUT2D eigenvalue weighted by atomic mass is 35.5. The molecule has 0 aliphatic carbocycles. The first kappa shape index (κ1) is 23.7. The molecule has 0 atom stereocenters. The Bertz CT molecular complexity index is 1120. The first-order valence-corrected chi connectivity index (χ1v) is 12.0. The van der Waals surface area contributed by atoms with Crippen LogP contribution >= 0.6 is 35.5 Å². The van der Waals surface area contributed by atoms with Crippen molar-refractivity contribution in [1.82, 2.24) is 9.55 Å². The Morgan fingerprint density at radius 1 is 1.21 bits per heavy atom. The summed E-state index contributed by atoms with van der Waals surface area (Å²) in [7, 11) is -3.86. The second kappa shape index (κ2) is 9.48. The van der Waals surface area contributed by atoms with E-state index in [1.165, 1.54) is 28.0 Å². The molecule has 11 heteroatoms. The zero-order valence-corrected chi connectivity index (χ0v) is 19.5. The molecule has 0 amide bonds. The number of fused-ring (bicyclic) bond motifs is 1. The summed E-state index contributed by atoms with van der Waals surface area (Å²) in [5.74, 6) is 0.828. The fourth-order valence-electron chi connectivity index (χ4n) is 2.64.